The number of aryl methyl sites for hydroxylation is 2. The minimum atomic E-state index is -0.253. The van der Waals surface area contributed by atoms with Crippen molar-refractivity contribution in [1.82, 2.24) is 19.8 Å². The van der Waals surface area contributed by atoms with E-state index >= 15 is 0 Å². The van der Waals surface area contributed by atoms with E-state index in [1.54, 1.807) is 0 Å². The number of carbonyl (C=O) groups is 2. The zero-order chi connectivity index (χ0) is 18.4. The minimum Gasteiger partial charge on any atom is -0.368 e. The van der Waals surface area contributed by atoms with Crippen LogP contribution >= 0.6 is 0 Å². The van der Waals surface area contributed by atoms with Crippen LogP contribution in [0.2, 0.25) is 0 Å². The number of hydrogen-bond acceptors (Lipinski definition) is 4. The van der Waals surface area contributed by atoms with Crippen molar-refractivity contribution >= 4 is 11.8 Å². The van der Waals surface area contributed by atoms with Crippen molar-refractivity contribution in [2.45, 2.75) is 58.1 Å². The SMILES string of the molecule is CCc1nccn1CCCNC(=O)C1CCN(C(=O)[C@H]2CCCO2)CC1. The van der Waals surface area contributed by atoms with Crippen molar-refractivity contribution < 1.29 is 14.3 Å². The molecule has 3 heterocycles. The molecule has 0 radical (unpaired) electrons. The fourth-order valence-electron chi connectivity index (χ4n) is 3.80. The molecule has 7 nitrogen and oxygen atoms in total. The Kier molecular flexibility index (Phi) is 6.66. The van der Waals surface area contributed by atoms with Crippen molar-refractivity contribution in [1.29, 1.82) is 0 Å². The molecule has 0 spiro atoms. The van der Waals surface area contributed by atoms with E-state index in [9.17, 15) is 9.59 Å². The van der Waals surface area contributed by atoms with Gasteiger partial charge in [-0.3, -0.25) is 9.59 Å². The maximum atomic E-state index is 12.4. The molecule has 1 aromatic heterocycles. The predicted molar refractivity (Wildman–Crippen MR) is 97.5 cm³/mol. The number of nitrogens with zero attached hydrogens (tertiary/aromatic N) is 3. The van der Waals surface area contributed by atoms with Crippen molar-refractivity contribution in [2.24, 2.45) is 5.92 Å². The lowest BCUT2D eigenvalue weighted by Crippen LogP contribution is -2.46. The first-order valence-corrected chi connectivity index (χ1v) is 9.87. The Morgan fingerprint density at radius 2 is 2.12 bits per heavy atom. The lowest BCUT2D eigenvalue weighted by atomic mass is 9.95. The first-order valence-electron chi connectivity index (χ1n) is 9.87. The molecule has 144 valence electrons. The molecule has 2 aliphatic heterocycles. The first-order chi connectivity index (χ1) is 12.7. The standard InChI is InChI=1S/C19H30N4O3/c1-2-17-20-9-13-22(17)10-4-8-21-18(24)15-6-11-23(12-7-15)19(25)16-5-3-14-26-16/h9,13,15-16H,2-8,10-12,14H2,1H3,(H,21,24)/t16-/m1/s1. The normalized spacial score (nSPS) is 21.1. The molecular weight excluding hydrogens is 332 g/mol. The summed E-state index contributed by atoms with van der Waals surface area (Å²) in [5, 5.41) is 3.05. The zero-order valence-electron chi connectivity index (χ0n) is 15.7. The van der Waals surface area contributed by atoms with Gasteiger partial charge in [0.05, 0.1) is 0 Å². The predicted octanol–water partition coefficient (Wildman–Crippen LogP) is 1.37. The fourth-order valence-corrected chi connectivity index (χ4v) is 3.80. The van der Waals surface area contributed by atoms with Gasteiger partial charge in [-0.2, -0.15) is 0 Å². The van der Waals surface area contributed by atoms with Gasteiger partial charge in [0.15, 0.2) is 0 Å². The third-order valence-electron chi connectivity index (χ3n) is 5.38. The lowest BCUT2D eigenvalue weighted by molar-refractivity contribution is -0.143. The van der Waals surface area contributed by atoms with Crippen molar-refractivity contribution in [2.75, 3.05) is 26.2 Å². The van der Waals surface area contributed by atoms with Crippen molar-refractivity contribution in [3.05, 3.63) is 18.2 Å². The molecule has 2 amide bonds. The summed E-state index contributed by atoms with van der Waals surface area (Å²) >= 11 is 0. The number of carbonyl (C=O) groups excluding carboxylic acids is 2. The molecule has 0 aromatic carbocycles. The highest BCUT2D eigenvalue weighted by molar-refractivity contribution is 5.82. The Labute approximate surface area is 155 Å². The third kappa shape index (κ3) is 4.63. The Hall–Kier alpha value is -1.89. The number of rotatable bonds is 7. The maximum absolute atomic E-state index is 12.4. The van der Waals surface area contributed by atoms with Crippen LogP contribution in [0.4, 0.5) is 0 Å². The van der Waals surface area contributed by atoms with E-state index in [0.717, 1.165) is 50.9 Å². The molecule has 0 unspecified atom stereocenters. The second kappa shape index (κ2) is 9.16. The topological polar surface area (TPSA) is 76.5 Å². The van der Waals surface area contributed by atoms with Crippen LogP contribution in [0.15, 0.2) is 12.4 Å². The molecule has 2 saturated heterocycles. The van der Waals surface area contributed by atoms with Crippen LogP contribution < -0.4 is 5.32 Å². The van der Waals surface area contributed by atoms with Crippen LogP contribution in [-0.2, 0) is 27.3 Å². The Morgan fingerprint density at radius 3 is 2.81 bits per heavy atom. The second-order valence-electron chi connectivity index (χ2n) is 7.14. The van der Waals surface area contributed by atoms with Gasteiger partial charge in [0.25, 0.3) is 5.91 Å². The summed E-state index contributed by atoms with van der Waals surface area (Å²) in [4.78, 5) is 30.9. The van der Waals surface area contributed by atoms with Gasteiger partial charge >= 0.3 is 0 Å². The molecule has 1 atom stereocenters. The molecule has 1 N–H and O–H groups in total. The van der Waals surface area contributed by atoms with E-state index in [1.807, 2.05) is 17.3 Å². The Balaban J connectivity index is 1.34. The van der Waals surface area contributed by atoms with E-state index in [2.05, 4.69) is 21.8 Å². The highest BCUT2D eigenvalue weighted by Gasteiger charge is 2.32. The summed E-state index contributed by atoms with van der Waals surface area (Å²) in [6.07, 6.45) is 8.65. The quantitative estimate of drug-likeness (QED) is 0.743. The van der Waals surface area contributed by atoms with E-state index < -0.39 is 0 Å². The number of imidazole rings is 1. The van der Waals surface area contributed by atoms with E-state index in [1.165, 1.54) is 0 Å². The van der Waals surface area contributed by atoms with Gasteiger partial charge in [-0.05, 0) is 32.1 Å². The van der Waals surface area contributed by atoms with E-state index in [4.69, 9.17) is 4.74 Å². The van der Waals surface area contributed by atoms with Gasteiger partial charge in [0, 0.05) is 57.5 Å². The summed E-state index contributed by atoms with van der Waals surface area (Å²) in [6, 6.07) is 0. The average molecular weight is 362 g/mol. The van der Waals surface area contributed by atoms with Gasteiger partial charge in [-0.15, -0.1) is 0 Å². The summed E-state index contributed by atoms with van der Waals surface area (Å²) in [5.41, 5.74) is 0. The third-order valence-corrected chi connectivity index (χ3v) is 5.38. The smallest absolute Gasteiger partial charge is 0.251 e. The number of hydrogen-bond donors (Lipinski definition) is 1. The van der Waals surface area contributed by atoms with Gasteiger partial charge in [0.1, 0.15) is 11.9 Å². The second-order valence-corrected chi connectivity index (χ2v) is 7.14. The van der Waals surface area contributed by atoms with Crippen molar-refractivity contribution in [3.8, 4) is 0 Å². The largest absolute Gasteiger partial charge is 0.368 e. The molecule has 26 heavy (non-hydrogen) atoms. The molecule has 2 aliphatic rings. The number of aromatic nitrogens is 2. The zero-order valence-corrected chi connectivity index (χ0v) is 15.7. The van der Waals surface area contributed by atoms with Gasteiger partial charge in [-0.1, -0.05) is 6.92 Å². The monoisotopic (exact) mass is 362 g/mol. The van der Waals surface area contributed by atoms with E-state index in [0.29, 0.717) is 26.2 Å². The van der Waals surface area contributed by atoms with Crippen LogP contribution in [-0.4, -0.2) is 58.6 Å². The van der Waals surface area contributed by atoms with Crippen molar-refractivity contribution in [3.63, 3.8) is 0 Å². The summed E-state index contributed by atoms with van der Waals surface area (Å²) < 4.78 is 7.62. The molecule has 0 bridgehead atoms. The minimum absolute atomic E-state index is 0.0167. The van der Waals surface area contributed by atoms with Crippen LogP contribution in [0.3, 0.4) is 0 Å². The maximum Gasteiger partial charge on any atom is 0.251 e. The number of nitrogens with one attached hydrogen (secondary N) is 1. The molecule has 7 heteroatoms. The fraction of sp³-hybridized carbons (Fsp3) is 0.737. The first kappa shape index (κ1) is 18.9. The van der Waals surface area contributed by atoms with Crippen LogP contribution in [0, 0.1) is 5.92 Å². The van der Waals surface area contributed by atoms with Crippen LogP contribution in [0.5, 0.6) is 0 Å². The Morgan fingerprint density at radius 1 is 1.31 bits per heavy atom. The van der Waals surface area contributed by atoms with Gasteiger partial charge < -0.3 is 19.5 Å². The molecule has 1 aromatic rings. The van der Waals surface area contributed by atoms with E-state index in [-0.39, 0.29) is 23.8 Å². The summed E-state index contributed by atoms with van der Waals surface area (Å²) in [5.74, 6) is 1.33. The molecule has 2 fully saturated rings. The highest BCUT2D eigenvalue weighted by Crippen LogP contribution is 2.21. The molecule has 3 rings (SSSR count). The van der Waals surface area contributed by atoms with Crippen LogP contribution in [0.25, 0.3) is 0 Å². The molecule has 0 aliphatic carbocycles. The number of amides is 2. The lowest BCUT2D eigenvalue weighted by Gasteiger charge is -2.32. The van der Waals surface area contributed by atoms with Crippen LogP contribution in [0.1, 0.15) is 44.9 Å². The number of ether oxygens (including phenoxy) is 1. The Bertz CT molecular complexity index is 602. The summed E-state index contributed by atoms with van der Waals surface area (Å²) in [7, 11) is 0. The number of likely N-dealkylation sites (tertiary alicyclic amines) is 1. The highest BCUT2D eigenvalue weighted by atomic mass is 16.5. The molecular formula is C19H30N4O3. The molecule has 0 saturated carbocycles. The van der Waals surface area contributed by atoms with Gasteiger partial charge in [-0.25, -0.2) is 4.98 Å². The number of piperidine rings is 1. The summed E-state index contributed by atoms with van der Waals surface area (Å²) in [6.45, 7) is 5.65. The average Bonchev–Trinajstić information content (AvgIpc) is 3.36. The van der Waals surface area contributed by atoms with Gasteiger partial charge in [0.2, 0.25) is 5.91 Å².